The highest BCUT2D eigenvalue weighted by molar-refractivity contribution is 6.61. The number of hydrogen-bond acceptors (Lipinski definition) is 6. The molecule has 28 heavy (non-hydrogen) atoms. The van der Waals surface area contributed by atoms with Crippen LogP contribution in [0.4, 0.5) is 19.1 Å². The van der Waals surface area contributed by atoms with Crippen molar-refractivity contribution in [3.8, 4) is 5.75 Å². The lowest BCUT2D eigenvalue weighted by Crippen LogP contribution is -2.41. The molecular weight excluding hydrogens is 374 g/mol. The van der Waals surface area contributed by atoms with Gasteiger partial charge in [-0.1, -0.05) is 12.1 Å². The lowest BCUT2D eigenvalue weighted by molar-refractivity contribution is -0.274. The van der Waals surface area contributed by atoms with E-state index >= 15 is 0 Å². The summed E-state index contributed by atoms with van der Waals surface area (Å²) in [4.78, 5) is 8.44. The first-order valence-corrected chi connectivity index (χ1v) is 8.71. The number of benzene rings is 1. The van der Waals surface area contributed by atoms with E-state index in [4.69, 9.17) is 9.31 Å². The van der Waals surface area contributed by atoms with Crippen molar-refractivity contribution in [1.29, 1.82) is 0 Å². The van der Waals surface area contributed by atoms with E-state index in [-0.39, 0.29) is 12.3 Å². The predicted molar refractivity (Wildman–Crippen MR) is 98.2 cm³/mol. The molecule has 6 nitrogen and oxygen atoms in total. The maximum absolute atomic E-state index is 12.3. The fourth-order valence-corrected chi connectivity index (χ4v) is 2.56. The summed E-state index contributed by atoms with van der Waals surface area (Å²) in [5, 5.41) is 2.96. The Labute approximate surface area is 161 Å². The third kappa shape index (κ3) is 4.74. The van der Waals surface area contributed by atoms with Crippen molar-refractivity contribution in [1.82, 2.24) is 9.97 Å². The van der Waals surface area contributed by atoms with Gasteiger partial charge in [-0.3, -0.25) is 0 Å². The summed E-state index contributed by atoms with van der Waals surface area (Å²) in [6.07, 6.45) is -1.53. The molecule has 0 radical (unpaired) electrons. The monoisotopic (exact) mass is 395 g/mol. The molecule has 1 aromatic heterocycles. The second-order valence-corrected chi connectivity index (χ2v) is 7.48. The first-order chi connectivity index (χ1) is 13.0. The Kier molecular flexibility index (Phi) is 5.29. The molecule has 150 valence electrons. The van der Waals surface area contributed by atoms with E-state index in [1.165, 1.54) is 18.2 Å². The fraction of sp³-hybridized carbons (Fsp3) is 0.444. The van der Waals surface area contributed by atoms with Crippen molar-refractivity contribution in [2.75, 3.05) is 5.32 Å². The average molecular weight is 395 g/mol. The number of anilines is 1. The third-order valence-corrected chi connectivity index (χ3v) is 4.78. The van der Waals surface area contributed by atoms with Gasteiger partial charge < -0.3 is 19.4 Å². The van der Waals surface area contributed by atoms with E-state index in [0.29, 0.717) is 17.0 Å². The van der Waals surface area contributed by atoms with Crippen LogP contribution in [0.25, 0.3) is 0 Å². The highest BCUT2D eigenvalue weighted by Gasteiger charge is 2.51. The van der Waals surface area contributed by atoms with Crippen molar-refractivity contribution < 1.29 is 27.2 Å². The van der Waals surface area contributed by atoms with Crippen LogP contribution in [0.15, 0.2) is 36.7 Å². The number of halogens is 3. The van der Waals surface area contributed by atoms with Crippen LogP contribution in [0.2, 0.25) is 0 Å². The van der Waals surface area contributed by atoms with Gasteiger partial charge >= 0.3 is 13.5 Å². The summed E-state index contributed by atoms with van der Waals surface area (Å²) in [6.45, 7) is 8.08. The fourth-order valence-electron chi connectivity index (χ4n) is 2.56. The van der Waals surface area contributed by atoms with Gasteiger partial charge in [-0.15, -0.1) is 13.2 Å². The minimum atomic E-state index is -4.72. The summed E-state index contributed by atoms with van der Waals surface area (Å²) in [5.41, 5.74) is 0.362. The highest BCUT2D eigenvalue weighted by atomic mass is 19.4. The van der Waals surface area contributed by atoms with Crippen LogP contribution in [0.1, 0.15) is 33.3 Å². The first-order valence-electron chi connectivity index (χ1n) is 8.71. The standard InChI is InChI=1S/C18H21BF3N3O3/c1-16(2)17(3,4)28-19(27-16)13-10-24-15(25-11-13)23-9-12-6-5-7-14(8-12)26-18(20,21)22/h5-8,10-11H,9H2,1-4H3,(H,23,24,25). The lowest BCUT2D eigenvalue weighted by Gasteiger charge is -2.32. The molecule has 1 saturated heterocycles. The van der Waals surface area contributed by atoms with Gasteiger partial charge in [0.05, 0.1) is 11.2 Å². The van der Waals surface area contributed by atoms with Crippen molar-refractivity contribution in [2.24, 2.45) is 0 Å². The Balaban J connectivity index is 1.61. The Hall–Kier alpha value is -2.33. The number of rotatable bonds is 5. The zero-order valence-corrected chi connectivity index (χ0v) is 16.0. The molecule has 0 atom stereocenters. The topological polar surface area (TPSA) is 65.5 Å². The number of alkyl halides is 3. The highest BCUT2D eigenvalue weighted by Crippen LogP contribution is 2.36. The van der Waals surface area contributed by atoms with Gasteiger partial charge in [0.15, 0.2) is 0 Å². The summed E-state index contributed by atoms with van der Waals surface area (Å²) in [5.74, 6) is 0.0613. The van der Waals surface area contributed by atoms with Crippen LogP contribution < -0.4 is 15.5 Å². The number of aromatic nitrogens is 2. The lowest BCUT2D eigenvalue weighted by atomic mass is 9.81. The molecule has 0 spiro atoms. The minimum Gasteiger partial charge on any atom is -0.406 e. The van der Waals surface area contributed by atoms with E-state index in [1.54, 1.807) is 18.5 Å². The summed E-state index contributed by atoms with van der Waals surface area (Å²) in [7, 11) is -0.560. The smallest absolute Gasteiger partial charge is 0.406 e. The molecule has 2 aromatic rings. The van der Waals surface area contributed by atoms with Gasteiger partial charge in [0.2, 0.25) is 5.95 Å². The molecule has 0 aliphatic carbocycles. The number of nitrogens with zero attached hydrogens (tertiary/aromatic N) is 2. The summed E-state index contributed by atoms with van der Waals surface area (Å²) >= 11 is 0. The third-order valence-electron chi connectivity index (χ3n) is 4.78. The molecule has 10 heteroatoms. The van der Waals surface area contributed by atoms with Gasteiger partial charge in [0.25, 0.3) is 0 Å². The molecule has 0 bridgehead atoms. The van der Waals surface area contributed by atoms with E-state index < -0.39 is 24.7 Å². The van der Waals surface area contributed by atoms with Crippen LogP contribution in [-0.4, -0.2) is 34.7 Å². The van der Waals surface area contributed by atoms with Crippen LogP contribution in [0.5, 0.6) is 5.75 Å². The van der Waals surface area contributed by atoms with Gasteiger partial charge in [0.1, 0.15) is 5.75 Å². The van der Waals surface area contributed by atoms with Crippen LogP contribution in [0, 0.1) is 0 Å². The first kappa shape index (κ1) is 20.4. The van der Waals surface area contributed by atoms with Gasteiger partial charge in [-0.2, -0.15) is 0 Å². The van der Waals surface area contributed by atoms with Gasteiger partial charge in [0, 0.05) is 24.4 Å². The molecule has 1 aromatic carbocycles. The summed E-state index contributed by atoms with van der Waals surface area (Å²) in [6, 6.07) is 5.71. The zero-order chi connectivity index (χ0) is 20.6. The molecule has 0 amide bonds. The number of hydrogen-bond donors (Lipinski definition) is 1. The van der Waals surface area contributed by atoms with Gasteiger partial charge in [-0.25, -0.2) is 9.97 Å². The Bertz CT molecular complexity index is 813. The van der Waals surface area contributed by atoms with Crippen molar-refractivity contribution in [3.63, 3.8) is 0 Å². The Morgan fingerprint density at radius 3 is 2.25 bits per heavy atom. The molecular formula is C18H21BF3N3O3. The largest absolute Gasteiger partial charge is 0.573 e. The van der Waals surface area contributed by atoms with Crippen molar-refractivity contribution in [2.45, 2.75) is 51.8 Å². The molecule has 0 unspecified atom stereocenters. The second-order valence-electron chi connectivity index (χ2n) is 7.48. The van der Waals surface area contributed by atoms with Crippen LogP contribution >= 0.6 is 0 Å². The number of ether oxygens (including phenoxy) is 1. The van der Waals surface area contributed by atoms with Crippen molar-refractivity contribution >= 4 is 18.5 Å². The summed E-state index contributed by atoms with van der Waals surface area (Å²) < 4.78 is 52.7. The van der Waals surface area contributed by atoms with Crippen molar-refractivity contribution in [3.05, 3.63) is 42.2 Å². The molecule has 0 saturated carbocycles. The molecule has 1 aliphatic heterocycles. The van der Waals surface area contributed by atoms with Gasteiger partial charge in [-0.05, 0) is 45.4 Å². The Morgan fingerprint density at radius 1 is 1.07 bits per heavy atom. The minimum absolute atomic E-state index is 0.241. The zero-order valence-electron chi connectivity index (χ0n) is 16.0. The molecule has 1 fully saturated rings. The van der Waals surface area contributed by atoms with E-state index in [2.05, 4.69) is 20.0 Å². The molecule has 3 rings (SSSR count). The number of nitrogens with one attached hydrogen (secondary N) is 1. The average Bonchev–Trinajstić information content (AvgIpc) is 2.80. The maximum atomic E-state index is 12.3. The SMILES string of the molecule is CC1(C)OB(c2cnc(NCc3cccc(OC(F)(F)F)c3)nc2)OC1(C)C. The van der Waals surface area contributed by atoms with E-state index in [0.717, 1.165) is 0 Å². The van der Waals surface area contributed by atoms with Crippen LogP contribution in [0.3, 0.4) is 0 Å². The second kappa shape index (κ2) is 7.25. The van der Waals surface area contributed by atoms with Crippen LogP contribution in [-0.2, 0) is 15.9 Å². The predicted octanol–water partition coefficient (Wildman–Crippen LogP) is 3.29. The maximum Gasteiger partial charge on any atom is 0.573 e. The molecule has 1 N–H and O–H groups in total. The quantitative estimate of drug-likeness (QED) is 0.784. The molecule has 1 aliphatic rings. The Morgan fingerprint density at radius 2 is 1.68 bits per heavy atom. The van der Waals surface area contributed by atoms with E-state index in [1.807, 2.05) is 27.7 Å². The normalized spacial score (nSPS) is 18.2. The molecule has 2 heterocycles. The van der Waals surface area contributed by atoms with E-state index in [9.17, 15) is 13.2 Å².